The summed E-state index contributed by atoms with van der Waals surface area (Å²) in [5.41, 5.74) is 0. The number of quaternary nitrogens is 1. The van der Waals surface area contributed by atoms with Gasteiger partial charge in [-0.2, -0.15) is 0 Å². The number of nitrogens with one attached hydrogen (secondary N) is 2. The third-order valence-electron chi connectivity index (χ3n) is 9.05. The largest absolute Gasteiger partial charge is 0.387 e. The quantitative estimate of drug-likeness (QED) is 0.0383. The zero-order valence-corrected chi connectivity index (χ0v) is 32.7. The molecule has 0 unspecified atom stereocenters. The first-order chi connectivity index (χ1) is 24.6. The number of carbonyl (C=O) groups is 2. The Hall–Kier alpha value is -2.18. The monoisotopic (exact) mass is 721 g/mol. The summed E-state index contributed by atoms with van der Waals surface area (Å²) in [6.07, 6.45) is 17.5. The number of likely N-dealkylation sites (N-methyl/N-ethyl adjacent to an activating group) is 1. The summed E-state index contributed by atoms with van der Waals surface area (Å²) in [6, 6.07) is 0. The van der Waals surface area contributed by atoms with Crippen LogP contribution in [0.5, 0.6) is 0 Å². The van der Waals surface area contributed by atoms with Crippen LogP contribution in [0, 0.1) is 23.7 Å². The summed E-state index contributed by atoms with van der Waals surface area (Å²) < 4.78 is 11.8. The highest BCUT2D eigenvalue weighted by Gasteiger charge is 2.48. The summed E-state index contributed by atoms with van der Waals surface area (Å²) >= 11 is 0. The fourth-order valence-electron chi connectivity index (χ4n) is 5.99. The first-order valence-corrected chi connectivity index (χ1v) is 20.2. The second kappa shape index (κ2) is 30.3. The Morgan fingerprint density at radius 1 is 0.686 bits per heavy atom. The van der Waals surface area contributed by atoms with Gasteiger partial charge >= 0.3 is 0 Å². The minimum atomic E-state index is -1.57. The van der Waals surface area contributed by atoms with E-state index in [1.165, 1.54) is 51.4 Å². The van der Waals surface area contributed by atoms with Gasteiger partial charge in [0.25, 0.3) is 11.8 Å². The van der Waals surface area contributed by atoms with E-state index in [0.29, 0.717) is 24.2 Å². The van der Waals surface area contributed by atoms with Crippen molar-refractivity contribution in [2.45, 2.75) is 179 Å². The van der Waals surface area contributed by atoms with Crippen molar-refractivity contribution >= 4 is 11.8 Å². The van der Waals surface area contributed by atoms with E-state index < -0.39 is 36.6 Å². The van der Waals surface area contributed by atoms with Crippen molar-refractivity contribution < 1.29 is 38.9 Å². The Kier molecular flexibility index (Phi) is 27.8. The van der Waals surface area contributed by atoms with Crippen molar-refractivity contribution in [3.63, 3.8) is 0 Å². The first kappa shape index (κ1) is 46.8. The number of aliphatic hydroxyl groups is 3. The van der Waals surface area contributed by atoms with Gasteiger partial charge in [0.05, 0.1) is 21.1 Å². The number of nitrogens with zero attached hydrogens (tertiary/aromatic N) is 1. The SMILES string of the molecule is CCCCCCCCO[C@@H]1O[C@H]([C@H](O)C(=O)NCCCCCCCCCC#CC#CCCCCCCCCCNC(=O)C[N+](C)(C)C)[C@H](O)[C@H]1O. The maximum Gasteiger partial charge on any atom is 0.275 e. The van der Waals surface area contributed by atoms with Crippen LogP contribution in [0.15, 0.2) is 0 Å². The lowest BCUT2D eigenvalue weighted by molar-refractivity contribution is -0.862. The highest BCUT2D eigenvalue weighted by molar-refractivity contribution is 5.81. The van der Waals surface area contributed by atoms with Crippen molar-refractivity contribution in [1.29, 1.82) is 0 Å². The number of hydrogen-bond acceptors (Lipinski definition) is 7. The molecule has 5 atom stereocenters. The number of rotatable bonds is 30. The normalized spacial score (nSPS) is 19.1. The van der Waals surface area contributed by atoms with E-state index in [2.05, 4.69) is 41.2 Å². The lowest BCUT2D eigenvalue weighted by Gasteiger charge is -2.22. The predicted molar refractivity (Wildman–Crippen MR) is 204 cm³/mol. The second-order valence-electron chi connectivity index (χ2n) is 15.2. The highest BCUT2D eigenvalue weighted by Crippen LogP contribution is 2.25. The first-order valence-electron chi connectivity index (χ1n) is 20.2. The zero-order valence-electron chi connectivity index (χ0n) is 32.7. The molecule has 1 aliphatic rings. The number of aliphatic hydroxyl groups excluding tert-OH is 3. The fourth-order valence-corrected chi connectivity index (χ4v) is 5.99. The van der Waals surface area contributed by atoms with E-state index >= 15 is 0 Å². The lowest BCUT2D eigenvalue weighted by Crippen LogP contribution is -2.47. The van der Waals surface area contributed by atoms with Crippen LogP contribution < -0.4 is 10.6 Å². The van der Waals surface area contributed by atoms with Crippen LogP contribution in [0.3, 0.4) is 0 Å². The topological polar surface area (TPSA) is 137 Å². The molecule has 0 bridgehead atoms. The van der Waals surface area contributed by atoms with Gasteiger partial charge in [-0.1, -0.05) is 115 Å². The van der Waals surface area contributed by atoms with Crippen molar-refractivity contribution in [3.8, 4) is 23.7 Å². The molecule has 10 nitrogen and oxygen atoms in total. The highest BCUT2D eigenvalue weighted by atomic mass is 16.7. The Labute approximate surface area is 310 Å². The van der Waals surface area contributed by atoms with Crippen molar-refractivity contribution in [2.24, 2.45) is 0 Å². The van der Waals surface area contributed by atoms with E-state index in [9.17, 15) is 24.9 Å². The van der Waals surface area contributed by atoms with E-state index in [1.54, 1.807) is 0 Å². The smallest absolute Gasteiger partial charge is 0.275 e. The van der Waals surface area contributed by atoms with Gasteiger partial charge in [0.1, 0.15) is 18.3 Å². The van der Waals surface area contributed by atoms with Crippen LogP contribution >= 0.6 is 0 Å². The third-order valence-corrected chi connectivity index (χ3v) is 9.05. The molecule has 0 aliphatic carbocycles. The van der Waals surface area contributed by atoms with Gasteiger partial charge < -0.3 is 39.9 Å². The number of unbranched alkanes of at least 4 members (excludes halogenated alkanes) is 19. The van der Waals surface area contributed by atoms with E-state index in [-0.39, 0.29) is 5.91 Å². The van der Waals surface area contributed by atoms with Gasteiger partial charge in [0, 0.05) is 32.5 Å². The zero-order chi connectivity index (χ0) is 37.6. The third kappa shape index (κ3) is 25.4. The Morgan fingerprint density at radius 3 is 1.69 bits per heavy atom. The summed E-state index contributed by atoms with van der Waals surface area (Å²) in [5.74, 6) is 11.8. The van der Waals surface area contributed by atoms with Crippen LogP contribution in [0.25, 0.3) is 0 Å². The molecule has 1 heterocycles. The summed E-state index contributed by atoms with van der Waals surface area (Å²) in [4.78, 5) is 24.2. The Balaban J connectivity index is 1.94. The maximum atomic E-state index is 12.4. The average molecular weight is 721 g/mol. The molecule has 0 aromatic heterocycles. The summed E-state index contributed by atoms with van der Waals surface area (Å²) in [5, 5.41) is 36.7. The second-order valence-corrected chi connectivity index (χ2v) is 15.2. The molecular weight excluding hydrogens is 646 g/mol. The molecule has 1 rings (SSSR count). The van der Waals surface area contributed by atoms with Crippen molar-refractivity contribution in [2.75, 3.05) is 47.4 Å². The van der Waals surface area contributed by atoms with Crippen molar-refractivity contribution in [3.05, 3.63) is 0 Å². The number of ether oxygens (including phenoxy) is 2. The molecule has 10 heteroatoms. The van der Waals surface area contributed by atoms with Gasteiger partial charge in [-0.15, -0.1) is 0 Å². The molecule has 0 aromatic rings. The van der Waals surface area contributed by atoms with Gasteiger partial charge in [0.2, 0.25) is 0 Å². The molecule has 0 aromatic carbocycles. The molecule has 294 valence electrons. The van der Waals surface area contributed by atoms with E-state index in [4.69, 9.17) is 9.47 Å². The lowest BCUT2D eigenvalue weighted by atomic mass is 10.1. The molecule has 5 N–H and O–H groups in total. The fraction of sp³-hybridized carbons (Fsp3) is 0.854. The molecule has 2 amide bonds. The summed E-state index contributed by atoms with van der Waals surface area (Å²) in [7, 11) is 6.07. The molecule has 1 saturated heterocycles. The van der Waals surface area contributed by atoms with E-state index in [0.717, 1.165) is 96.4 Å². The standard InChI is InChI=1S/C41H73N3O7/c1-5-6-7-8-27-30-33-50-41-37(47)36(46)39(51-41)38(48)40(49)43-32-29-26-24-22-20-18-16-14-12-10-9-11-13-15-17-19-21-23-25-28-31-42-35(45)34-44(2,3)4/h36-39,41,46-48H,5-8,13-34H2,1-4H3,(H-,42,43,45,49)/p+1/t36-,37-,38+,39+,41-/m1/s1. The summed E-state index contributed by atoms with van der Waals surface area (Å²) in [6.45, 7) is 4.31. The van der Waals surface area contributed by atoms with Crippen LogP contribution in [-0.4, -0.2) is 110 Å². The van der Waals surface area contributed by atoms with Gasteiger partial charge in [-0.05, 0) is 43.9 Å². The molecular formula is C41H74N3O7+. The van der Waals surface area contributed by atoms with Crippen LogP contribution in [0.2, 0.25) is 0 Å². The van der Waals surface area contributed by atoms with E-state index in [1.807, 2.05) is 21.1 Å². The minimum Gasteiger partial charge on any atom is -0.387 e. The van der Waals surface area contributed by atoms with Gasteiger partial charge in [-0.25, -0.2) is 0 Å². The van der Waals surface area contributed by atoms with Gasteiger partial charge in [0.15, 0.2) is 18.9 Å². The molecule has 0 radical (unpaired) electrons. The molecule has 1 aliphatic heterocycles. The van der Waals surface area contributed by atoms with Crippen molar-refractivity contribution in [1.82, 2.24) is 10.6 Å². The molecule has 0 spiro atoms. The Morgan fingerprint density at radius 2 is 1.16 bits per heavy atom. The molecule has 1 fully saturated rings. The number of hydrogen-bond donors (Lipinski definition) is 5. The molecule has 0 saturated carbocycles. The Bertz CT molecular complexity index is 1030. The number of amides is 2. The van der Waals surface area contributed by atoms with Crippen LogP contribution in [0.4, 0.5) is 0 Å². The van der Waals surface area contributed by atoms with Crippen LogP contribution in [-0.2, 0) is 19.1 Å². The predicted octanol–water partition coefficient (Wildman–Crippen LogP) is 5.36. The minimum absolute atomic E-state index is 0.134. The van der Waals surface area contributed by atoms with Crippen LogP contribution in [0.1, 0.15) is 148 Å². The average Bonchev–Trinajstić information content (AvgIpc) is 3.37. The van der Waals surface area contributed by atoms with Gasteiger partial charge in [-0.3, -0.25) is 9.59 Å². The maximum absolute atomic E-state index is 12.4. The number of carbonyl (C=O) groups excluding carboxylic acids is 2. The molecule has 51 heavy (non-hydrogen) atoms.